The predicted molar refractivity (Wildman–Crippen MR) is 107 cm³/mol. The van der Waals surface area contributed by atoms with Gasteiger partial charge in [-0.3, -0.25) is 15.1 Å². The second-order valence-corrected chi connectivity index (χ2v) is 7.48. The van der Waals surface area contributed by atoms with Crippen molar-refractivity contribution in [3.05, 3.63) is 94.0 Å². The Balaban J connectivity index is 1.75. The maximum atomic E-state index is 10.9. The van der Waals surface area contributed by atoms with Crippen molar-refractivity contribution in [3.8, 4) is 5.75 Å². The lowest BCUT2D eigenvalue weighted by atomic mass is 10.0. The number of hydrogen-bond donors (Lipinski definition) is 1. The van der Waals surface area contributed by atoms with Crippen molar-refractivity contribution in [2.24, 2.45) is 4.99 Å². The van der Waals surface area contributed by atoms with Crippen LogP contribution in [-0.4, -0.2) is 15.7 Å². The highest BCUT2D eigenvalue weighted by Gasteiger charge is 2.23. The Morgan fingerprint density at radius 1 is 1.00 bits per heavy atom. The van der Waals surface area contributed by atoms with Gasteiger partial charge in [-0.15, -0.1) is 11.8 Å². The molecule has 1 unspecified atom stereocenters. The first-order valence-corrected chi connectivity index (χ1v) is 9.35. The van der Waals surface area contributed by atoms with Crippen LogP contribution >= 0.6 is 11.8 Å². The predicted octanol–water partition coefficient (Wildman–Crippen LogP) is 5.66. The van der Waals surface area contributed by atoms with Gasteiger partial charge in [-0.2, -0.15) is 0 Å². The van der Waals surface area contributed by atoms with Gasteiger partial charge in [-0.1, -0.05) is 24.3 Å². The summed E-state index contributed by atoms with van der Waals surface area (Å²) in [6, 6.07) is 21.7. The van der Waals surface area contributed by atoms with E-state index in [2.05, 4.69) is 0 Å². The van der Waals surface area contributed by atoms with Crippen LogP contribution in [0, 0.1) is 10.1 Å². The molecule has 0 aliphatic carbocycles. The van der Waals surface area contributed by atoms with E-state index < -0.39 is 0 Å². The number of phenols is 1. The Morgan fingerprint density at radius 3 is 2.41 bits per heavy atom. The zero-order chi connectivity index (χ0) is 18.8. The number of fused-ring (bicyclic) bond motifs is 1. The van der Waals surface area contributed by atoms with Gasteiger partial charge in [0.15, 0.2) is 0 Å². The van der Waals surface area contributed by atoms with E-state index in [0.717, 1.165) is 27.4 Å². The lowest BCUT2D eigenvalue weighted by molar-refractivity contribution is -0.384. The molecule has 1 atom stereocenters. The number of para-hydroxylation sites is 1. The molecule has 27 heavy (non-hydrogen) atoms. The highest BCUT2D eigenvalue weighted by atomic mass is 32.2. The van der Waals surface area contributed by atoms with Gasteiger partial charge >= 0.3 is 0 Å². The number of rotatable bonds is 3. The molecular weight excluding hydrogens is 360 g/mol. The fraction of sp³-hybridized carbons (Fsp3) is 0.0952. The zero-order valence-electron chi connectivity index (χ0n) is 14.3. The molecule has 0 amide bonds. The normalized spacial score (nSPS) is 16.1. The average Bonchev–Trinajstić information content (AvgIpc) is 2.88. The smallest absolute Gasteiger partial charge is 0.269 e. The summed E-state index contributed by atoms with van der Waals surface area (Å²) in [4.78, 5) is 16.5. The zero-order valence-corrected chi connectivity index (χ0v) is 15.1. The van der Waals surface area contributed by atoms with Crippen LogP contribution in [0.5, 0.6) is 5.75 Å². The van der Waals surface area contributed by atoms with E-state index in [9.17, 15) is 15.2 Å². The molecule has 134 valence electrons. The number of non-ortho nitro benzene ring substituents is 1. The van der Waals surface area contributed by atoms with Crippen LogP contribution in [0.1, 0.15) is 22.8 Å². The van der Waals surface area contributed by atoms with Gasteiger partial charge in [0.2, 0.25) is 0 Å². The Kier molecular flexibility index (Phi) is 4.64. The SMILES string of the molecule is O=[N+]([O-])c1ccc(C2CC(c3ccc(O)cc3)=Nc3ccccc3S2)cc1. The van der Waals surface area contributed by atoms with E-state index in [0.29, 0.717) is 6.42 Å². The molecular formula is C21H16N2O3S. The lowest BCUT2D eigenvalue weighted by Gasteiger charge is -2.16. The van der Waals surface area contributed by atoms with Crippen molar-refractivity contribution in [1.29, 1.82) is 0 Å². The number of aromatic hydroxyl groups is 1. The fourth-order valence-corrected chi connectivity index (χ4v) is 4.28. The Hall–Kier alpha value is -3.12. The standard InChI is InChI=1S/C21H16N2O3S/c24-17-11-7-14(8-12-17)19-13-21(15-5-9-16(10-6-15)23(25)26)27-20-4-2-1-3-18(20)22-19/h1-12,21,24H,13H2. The second-order valence-electron chi connectivity index (χ2n) is 6.23. The number of nitro benzene ring substituents is 1. The van der Waals surface area contributed by atoms with Crippen molar-refractivity contribution in [2.75, 3.05) is 0 Å². The molecule has 1 N–H and O–H groups in total. The van der Waals surface area contributed by atoms with Crippen molar-refractivity contribution in [2.45, 2.75) is 16.6 Å². The first-order valence-electron chi connectivity index (χ1n) is 8.47. The Labute approximate surface area is 160 Å². The minimum Gasteiger partial charge on any atom is -0.508 e. The van der Waals surface area contributed by atoms with Crippen LogP contribution in [0.15, 0.2) is 82.7 Å². The van der Waals surface area contributed by atoms with Crippen LogP contribution in [0.25, 0.3) is 0 Å². The second kappa shape index (κ2) is 7.25. The summed E-state index contributed by atoms with van der Waals surface area (Å²) in [6.07, 6.45) is 0.682. The maximum absolute atomic E-state index is 10.9. The minimum atomic E-state index is -0.386. The van der Waals surface area contributed by atoms with Crippen LogP contribution in [-0.2, 0) is 0 Å². The van der Waals surface area contributed by atoms with Gasteiger partial charge in [-0.05, 0) is 47.5 Å². The molecule has 0 fully saturated rings. The molecule has 3 aromatic carbocycles. The van der Waals surface area contributed by atoms with Crippen molar-refractivity contribution >= 4 is 28.8 Å². The topological polar surface area (TPSA) is 75.7 Å². The summed E-state index contributed by atoms with van der Waals surface area (Å²) in [5.41, 5.74) is 3.90. The molecule has 0 bridgehead atoms. The van der Waals surface area contributed by atoms with E-state index in [1.165, 1.54) is 0 Å². The number of hydrogen-bond acceptors (Lipinski definition) is 5. The molecule has 0 spiro atoms. The third kappa shape index (κ3) is 3.71. The third-order valence-electron chi connectivity index (χ3n) is 4.44. The first kappa shape index (κ1) is 17.3. The van der Waals surface area contributed by atoms with Gasteiger partial charge in [0.1, 0.15) is 5.75 Å². The van der Waals surface area contributed by atoms with E-state index >= 15 is 0 Å². The molecule has 6 heteroatoms. The van der Waals surface area contributed by atoms with Gasteiger partial charge in [0, 0.05) is 34.4 Å². The summed E-state index contributed by atoms with van der Waals surface area (Å²) >= 11 is 1.71. The van der Waals surface area contributed by atoms with Gasteiger partial charge < -0.3 is 5.11 Å². The molecule has 5 nitrogen and oxygen atoms in total. The van der Waals surface area contributed by atoms with E-state index in [-0.39, 0.29) is 21.6 Å². The van der Waals surface area contributed by atoms with Gasteiger partial charge in [0.05, 0.1) is 10.6 Å². The van der Waals surface area contributed by atoms with Crippen LogP contribution in [0.2, 0.25) is 0 Å². The molecule has 1 aliphatic heterocycles. The molecule has 4 rings (SSSR count). The average molecular weight is 376 g/mol. The molecule has 0 radical (unpaired) electrons. The largest absolute Gasteiger partial charge is 0.508 e. The van der Waals surface area contributed by atoms with Crippen LogP contribution in [0.3, 0.4) is 0 Å². The van der Waals surface area contributed by atoms with Crippen molar-refractivity contribution in [3.63, 3.8) is 0 Å². The summed E-state index contributed by atoms with van der Waals surface area (Å²) in [5.74, 6) is 0.217. The number of thioether (sulfide) groups is 1. The Bertz CT molecular complexity index is 1010. The summed E-state index contributed by atoms with van der Waals surface area (Å²) in [5, 5.41) is 20.6. The lowest BCUT2D eigenvalue weighted by Crippen LogP contribution is -2.05. The number of benzene rings is 3. The first-order chi connectivity index (χ1) is 13.1. The van der Waals surface area contributed by atoms with Crippen molar-refractivity contribution < 1.29 is 10.0 Å². The molecule has 0 aromatic heterocycles. The van der Waals surface area contributed by atoms with Gasteiger partial charge in [-0.25, -0.2) is 0 Å². The molecule has 3 aromatic rings. The molecule has 1 heterocycles. The third-order valence-corrected chi connectivity index (χ3v) is 5.77. The minimum absolute atomic E-state index is 0.0852. The monoisotopic (exact) mass is 376 g/mol. The van der Waals surface area contributed by atoms with Crippen LogP contribution < -0.4 is 0 Å². The number of nitro groups is 1. The Morgan fingerprint density at radius 2 is 1.70 bits per heavy atom. The highest BCUT2D eigenvalue weighted by molar-refractivity contribution is 7.99. The number of nitrogens with zero attached hydrogens (tertiary/aromatic N) is 2. The molecule has 0 saturated heterocycles. The van der Waals surface area contributed by atoms with E-state index in [1.807, 2.05) is 48.5 Å². The molecule has 1 aliphatic rings. The summed E-state index contributed by atoms with van der Waals surface area (Å²) < 4.78 is 0. The van der Waals surface area contributed by atoms with Crippen molar-refractivity contribution in [1.82, 2.24) is 0 Å². The fourth-order valence-electron chi connectivity index (χ4n) is 3.04. The summed E-state index contributed by atoms with van der Waals surface area (Å²) in [7, 11) is 0. The maximum Gasteiger partial charge on any atom is 0.269 e. The van der Waals surface area contributed by atoms with Crippen LogP contribution in [0.4, 0.5) is 11.4 Å². The molecule has 0 saturated carbocycles. The van der Waals surface area contributed by atoms with Gasteiger partial charge in [0.25, 0.3) is 5.69 Å². The number of aliphatic imine (C=N–C) groups is 1. The van der Waals surface area contributed by atoms with E-state index in [4.69, 9.17) is 4.99 Å². The summed E-state index contributed by atoms with van der Waals surface area (Å²) in [6.45, 7) is 0. The highest BCUT2D eigenvalue weighted by Crippen LogP contribution is 2.45. The van der Waals surface area contributed by atoms with E-state index in [1.54, 1.807) is 36.0 Å². The quantitative estimate of drug-likeness (QED) is 0.473. The number of phenolic OH excluding ortho intramolecular Hbond substituents is 1.